The molecule has 5 nitrogen and oxygen atoms in total. The van der Waals surface area contributed by atoms with Crippen molar-refractivity contribution < 1.29 is 12.8 Å². The van der Waals surface area contributed by atoms with E-state index in [1.807, 2.05) is 37.2 Å². The highest BCUT2D eigenvalue weighted by atomic mass is 32.2. The van der Waals surface area contributed by atoms with Gasteiger partial charge in [-0.25, -0.2) is 13.1 Å². The van der Waals surface area contributed by atoms with Gasteiger partial charge in [0.05, 0.1) is 17.2 Å². The summed E-state index contributed by atoms with van der Waals surface area (Å²) in [5.41, 5.74) is 1.15. The van der Waals surface area contributed by atoms with Crippen molar-refractivity contribution in [2.24, 2.45) is 0 Å². The number of nitrogens with zero attached hydrogens (tertiary/aromatic N) is 1. The largest absolute Gasteiger partial charge is 0.468 e. The average Bonchev–Trinajstić information content (AvgIpc) is 3.02. The first-order valence-electron chi connectivity index (χ1n) is 7.72. The molecule has 2 aromatic rings. The van der Waals surface area contributed by atoms with E-state index in [-0.39, 0.29) is 17.5 Å². The predicted molar refractivity (Wildman–Crippen MR) is 90.8 cm³/mol. The third kappa shape index (κ3) is 4.67. The molecule has 0 amide bonds. The second-order valence-electron chi connectivity index (χ2n) is 5.74. The number of rotatable bonds is 8. The molecule has 0 aliphatic rings. The Balaban J connectivity index is 2.08. The number of aryl methyl sites for hydroxylation is 1. The quantitative estimate of drug-likeness (QED) is 0.805. The Morgan fingerprint density at radius 1 is 1.17 bits per heavy atom. The summed E-state index contributed by atoms with van der Waals surface area (Å²) in [4.78, 5) is 2.21. The highest BCUT2D eigenvalue weighted by Crippen LogP contribution is 2.19. The first kappa shape index (κ1) is 17.7. The van der Waals surface area contributed by atoms with Crippen LogP contribution in [0.1, 0.15) is 30.7 Å². The Labute approximate surface area is 138 Å². The number of hydrogen-bond acceptors (Lipinski definition) is 4. The maximum atomic E-state index is 12.4. The fraction of sp³-hybridized carbons (Fsp3) is 0.412. The van der Waals surface area contributed by atoms with Crippen LogP contribution in [0, 0.1) is 0 Å². The summed E-state index contributed by atoms with van der Waals surface area (Å²) in [6.07, 6.45) is 3.58. The molecule has 0 saturated heterocycles. The molecular weight excluding hydrogens is 312 g/mol. The minimum atomic E-state index is -3.53. The Morgan fingerprint density at radius 2 is 1.87 bits per heavy atom. The SMILES string of the molecule is CCCc1ccc(S(=O)(=O)NCC(c2ccco2)N(C)C)cc1. The van der Waals surface area contributed by atoms with E-state index in [2.05, 4.69) is 11.6 Å². The fourth-order valence-electron chi connectivity index (χ4n) is 2.41. The zero-order valence-corrected chi connectivity index (χ0v) is 14.6. The number of hydrogen-bond donors (Lipinski definition) is 1. The Bertz CT molecular complexity index is 692. The van der Waals surface area contributed by atoms with Gasteiger partial charge in [0.15, 0.2) is 0 Å². The van der Waals surface area contributed by atoms with E-state index in [0.717, 1.165) is 24.2 Å². The molecule has 6 heteroatoms. The van der Waals surface area contributed by atoms with Gasteiger partial charge in [-0.1, -0.05) is 25.5 Å². The van der Waals surface area contributed by atoms with Crippen LogP contribution in [0.2, 0.25) is 0 Å². The maximum absolute atomic E-state index is 12.4. The van der Waals surface area contributed by atoms with E-state index in [0.29, 0.717) is 0 Å². The molecule has 126 valence electrons. The molecule has 0 aliphatic heterocycles. The van der Waals surface area contributed by atoms with Crippen molar-refractivity contribution in [2.75, 3.05) is 20.6 Å². The van der Waals surface area contributed by atoms with Crippen LogP contribution in [0.25, 0.3) is 0 Å². The fourth-order valence-corrected chi connectivity index (χ4v) is 3.45. The van der Waals surface area contributed by atoms with Crippen molar-refractivity contribution in [3.63, 3.8) is 0 Å². The number of furan rings is 1. The van der Waals surface area contributed by atoms with Crippen molar-refractivity contribution in [3.8, 4) is 0 Å². The molecule has 0 radical (unpaired) electrons. The number of nitrogens with one attached hydrogen (secondary N) is 1. The Morgan fingerprint density at radius 3 is 2.39 bits per heavy atom. The van der Waals surface area contributed by atoms with Crippen LogP contribution >= 0.6 is 0 Å². The topological polar surface area (TPSA) is 62.6 Å². The third-order valence-electron chi connectivity index (χ3n) is 3.73. The van der Waals surface area contributed by atoms with Gasteiger partial charge in [-0.05, 0) is 50.3 Å². The van der Waals surface area contributed by atoms with Crippen LogP contribution in [0.3, 0.4) is 0 Å². The summed E-state index contributed by atoms with van der Waals surface area (Å²) in [7, 11) is 0.250. The van der Waals surface area contributed by atoms with Crippen LogP contribution in [0.4, 0.5) is 0 Å². The van der Waals surface area contributed by atoms with Crippen molar-refractivity contribution in [3.05, 3.63) is 54.0 Å². The lowest BCUT2D eigenvalue weighted by molar-refractivity contribution is 0.259. The third-order valence-corrected chi connectivity index (χ3v) is 5.17. The van der Waals surface area contributed by atoms with E-state index < -0.39 is 10.0 Å². The summed E-state index contributed by atoms with van der Waals surface area (Å²) in [5, 5.41) is 0. The zero-order valence-electron chi connectivity index (χ0n) is 13.8. The van der Waals surface area contributed by atoms with Gasteiger partial charge in [-0.15, -0.1) is 0 Å². The van der Waals surface area contributed by atoms with Gasteiger partial charge in [0, 0.05) is 6.54 Å². The Hall–Kier alpha value is -1.63. The van der Waals surface area contributed by atoms with Gasteiger partial charge in [0.25, 0.3) is 0 Å². The second-order valence-corrected chi connectivity index (χ2v) is 7.51. The van der Waals surface area contributed by atoms with E-state index in [9.17, 15) is 8.42 Å². The van der Waals surface area contributed by atoms with Gasteiger partial charge in [-0.2, -0.15) is 0 Å². The lowest BCUT2D eigenvalue weighted by Crippen LogP contribution is -2.34. The summed E-state index contributed by atoms with van der Waals surface area (Å²) >= 11 is 0. The molecule has 1 heterocycles. The van der Waals surface area contributed by atoms with Gasteiger partial charge in [0.1, 0.15) is 5.76 Å². The van der Waals surface area contributed by atoms with Crippen LogP contribution < -0.4 is 4.72 Å². The lowest BCUT2D eigenvalue weighted by Gasteiger charge is -2.22. The summed E-state index contributed by atoms with van der Waals surface area (Å²) < 4.78 is 32.9. The first-order valence-corrected chi connectivity index (χ1v) is 9.21. The first-order chi connectivity index (χ1) is 10.9. The van der Waals surface area contributed by atoms with Crippen LogP contribution in [0.5, 0.6) is 0 Å². The number of sulfonamides is 1. The second kappa shape index (κ2) is 7.77. The molecule has 0 spiro atoms. The minimum Gasteiger partial charge on any atom is -0.468 e. The minimum absolute atomic E-state index is 0.154. The van der Waals surface area contributed by atoms with E-state index >= 15 is 0 Å². The van der Waals surface area contributed by atoms with Gasteiger partial charge < -0.3 is 4.42 Å². The molecule has 1 atom stereocenters. The predicted octanol–water partition coefficient (Wildman–Crippen LogP) is 2.81. The molecule has 1 unspecified atom stereocenters. The van der Waals surface area contributed by atoms with Crippen molar-refractivity contribution in [2.45, 2.75) is 30.7 Å². The van der Waals surface area contributed by atoms with Crippen molar-refractivity contribution >= 4 is 10.0 Å². The molecule has 1 aromatic heterocycles. The van der Waals surface area contributed by atoms with Gasteiger partial charge in [-0.3, -0.25) is 4.90 Å². The monoisotopic (exact) mass is 336 g/mol. The summed E-state index contributed by atoms with van der Waals surface area (Å²) in [6.45, 7) is 2.35. The number of benzene rings is 1. The average molecular weight is 336 g/mol. The zero-order chi connectivity index (χ0) is 16.9. The van der Waals surface area contributed by atoms with Gasteiger partial charge >= 0.3 is 0 Å². The van der Waals surface area contributed by atoms with Crippen LogP contribution in [0.15, 0.2) is 52.0 Å². The van der Waals surface area contributed by atoms with Crippen LogP contribution in [-0.4, -0.2) is 34.0 Å². The van der Waals surface area contributed by atoms with E-state index in [1.165, 1.54) is 0 Å². The lowest BCUT2D eigenvalue weighted by atomic mass is 10.1. The molecule has 1 aromatic carbocycles. The maximum Gasteiger partial charge on any atom is 0.240 e. The van der Waals surface area contributed by atoms with Gasteiger partial charge in [0.2, 0.25) is 10.0 Å². The summed E-state index contributed by atoms with van der Waals surface area (Å²) in [5.74, 6) is 0.732. The Kier molecular flexibility index (Phi) is 5.98. The normalized spacial score (nSPS) is 13.4. The molecule has 2 rings (SSSR count). The highest BCUT2D eigenvalue weighted by Gasteiger charge is 2.21. The molecule has 0 aliphatic carbocycles. The molecule has 23 heavy (non-hydrogen) atoms. The molecule has 0 saturated carbocycles. The van der Waals surface area contributed by atoms with E-state index in [4.69, 9.17) is 4.42 Å². The standard InChI is InChI=1S/C17H24N2O3S/c1-4-6-14-8-10-15(11-9-14)23(20,21)18-13-16(19(2)3)17-7-5-12-22-17/h5,7-12,16,18H,4,6,13H2,1-3H3. The van der Waals surface area contributed by atoms with Crippen LogP contribution in [-0.2, 0) is 16.4 Å². The molecule has 1 N–H and O–H groups in total. The smallest absolute Gasteiger partial charge is 0.240 e. The highest BCUT2D eigenvalue weighted by molar-refractivity contribution is 7.89. The summed E-state index contributed by atoms with van der Waals surface area (Å²) in [6, 6.07) is 10.5. The van der Waals surface area contributed by atoms with Crippen molar-refractivity contribution in [1.82, 2.24) is 9.62 Å². The molecule has 0 fully saturated rings. The number of likely N-dealkylation sites (N-methyl/N-ethyl adjacent to an activating group) is 1. The molecular formula is C17H24N2O3S. The van der Waals surface area contributed by atoms with Crippen molar-refractivity contribution in [1.29, 1.82) is 0 Å². The molecule has 0 bridgehead atoms. The van der Waals surface area contributed by atoms with E-state index in [1.54, 1.807) is 24.5 Å².